The SMILES string of the molecule is O=S(=O)(c1ccccc1NCc1cccs1)C(F)(F)F. The van der Waals surface area contributed by atoms with Crippen molar-refractivity contribution in [1.29, 1.82) is 0 Å². The molecule has 0 fully saturated rings. The lowest BCUT2D eigenvalue weighted by atomic mass is 10.3. The Morgan fingerprint density at radius 1 is 1.10 bits per heavy atom. The van der Waals surface area contributed by atoms with Gasteiger partial charge in [-0.15, -0.1) is 11.3 Å². The normalized spacial score (nSPS) is 12.3. The Labute approximate surface area is 118 Å². The van der Waals surface area contributed by atoms with E-state index in [4.69, 9.17) is 0 Å². The standard InChI is InChI=1S/C12H10F3NO2S2/c13-12(14,15)20(17,18)11-6-2-1-5-10(11)16-8-9-4-3-7-19-9/h1-7,16H,8H2. The molecule has 0 aliphatic heterocycles. The number of rotatable bonds is 4. The van der Waals surface area contributed by atoms with Crippen molar-refractivity contribution in [2.75, 3.05) is 5.32 Å². The summed E-state index contributed by atoms with van der Waals surface area (Å²) in [5.74, 6) is 0. The van der Waals surface area contributed by atoms with Crippen LogP contribution < -0.4 is 5.32 Å². The van der Waals surface area contributed by atoms with Crippen LogP contribution in [0.3, 0.4) is 0 Å². The average molecular weight is 321 g/mol. The third-order valence-corrected chi connectivity index (χ3v) is 4.94. The van der Waals surface area contributed by atoms with Gasteiger partial charge in [0.2, 0.25) is 0 Å². The molecule has 0 aliphatic carbocycles. The molecule has 0 radical (unpaired) electrons. The van der Waals surface area contributed by atoms with Gasteiger partial charge in [-0.25, -0.2) is 8.42 Å². The minimum absolute atomic E-state index is 0.0572. The van der Waals surface area contributed by atoms with Gasteiger partial charge in [0.25, 0.3) is 9.84 Å². The number of sulfone groups is 1. The van der Waals surface area contributed by atoms with Gasteiger partial charge >= 0.3 is 5.51 Å². The summed E-state index contributed by atoms with van der Waals surface area (Å²) in [6.07, 6.45) is 0. The number of hydrogen-bond acceptors (Lipinski definition) is 4. The topological polar surface area (TPSA) is 46.2 Å². The minimum Gasteiger partial charge on any atom is -0.379 e. The predicted octanol–water partition coefficient (Wildman–Crippen LogP) is 3.65. The van der Waals surface area contributed by atoms with Crippen LogP contribution in [0.5, 0.6) is 0 Å². The zero-order valence-corrected chi connectivity index (χ0v) is 11.6. The summed E-state index contributed by atoms with van der Waals surface area (Å²) < 4.78 is 60.7. The molecule has 0 saturated heterocycles. The lowest BCUT2D eigenvalue weighted by Gasteiger charge is -2.13. The highest BCUT2D eigenvalue weighted by molar-refractivity contribution is 7.92. The molecule has 2 aromatic rings. The Hall–Kier alpha value is -1.54. The van der Waals surface area contributed by atoms with E-state index in [0.717, 1.165) is 10.9 Å². The summed E-state index contributed by atoms with van der Waals surface area (Å²) in [7, 11) is -5.36. The van der Waals surface area contributed by atoms with Crippen molar-refractivity contribution >= 4 is 26.9 Å². The van der Waals surface area contributed by atoms with Crippen LogP contribution in [-0.2, 0) is 16.4 Å². The fourth-order valence-corrected chi connectivity index (χ4v) is 3.15. The lowest BCUT2D eigenvalue weighted by Crippen LogP contribution is -2.24. The first-order valence-electron chi connectivity index (χ1n) is 5.49. The summed E-state index contributed by atoms with van der Waals surface area (Å²) >= 11 is 1.43. The van der Waals surface area contributed by atoms with Crippen LogP contribution in [-0.4, -0.2) is 13.9 Å². The Bertz CT molecular complexity index is 679. The molecule has 1 aromatic heterocycles. The summed E-state index contributed by atoms with van der Waals surface area (Å²) in [6, 6.07) is 8.60. The molecule has 0 bridgehead atoms. The maximum Gasteiger partial charge on any atom is 0.501 e. The molecule has 1 heterocycles. The molecular weight excluding hydrogens is 311 g/mol. The number of alkyl halides is 3. The number of para-hydroxylation sites is 1. The van der Waals surface area contributed by atoms with Crippen LogP contribution in [0.25, 0.3) is 0 Å². The summed E-state index contributed by atoms with van der Waals surface area (Å²) in [4.78, 5) is 0.133. The summed E-state index contributed by atoms with van der Waals surface area (Å²) in [6.45, 7) is 0.266. The second kappa shape index (κ2) is 5.45. The first-order chi connectivity index (χ1) is 9.32. The van der Waals surface area contributed by atoms with Gasteiger partial charge in [0, 0.05) is 11.4 Å². The predicted molar refractivity (Wildman–Crippen MR) is 71.3 cm³/mol. The van der Waals surface area contributed by atoms with Gasteiger partial charge in [-0.1, -0.05) is 18.2 Å². The molecule has 20 heavy (non-hydrogen) atoms. The van der Waals surface area contributed by atoms with Crippen molar-refractivity contribution in [2.45, 2.75) is 16.9 Å². The number of anilines is 1. The average Bonchev–Trinajstić information content (AvgIpc) is 2.88. The maximum atomic E-state index is 12.6. The van der Waals surface area contributed by atoms with Gasteiger partial charge in [-0.2, -0.15) is 13.2 Å². The lowest BCUT2D eigenvalue weighted by molar-refractivity contribution is -0.0435. The maximum absolute atomic E-state index is 12.6. The van der Waals surface area contributed by atoms with Gasteiger partial charge in [-0.3, -0.25) is 0 Å². The molecule has 0 spiro atoms. The van der Waals surface area contributed by atoms with Gasteiger partial charge < -0.3 is 5.32 Å². The first-order valence-corrected chi connectivity index (χ1v) is 7.85. The van der Waals surface area contributed by atoms with E-state index in [2.05, 4.69) is 5.32 Å². The van der Waals surface area contributed by atoms with Crippen molar-refractivity contribution in [3.63, 3.8) is 0 Å². The number of thiophene rings is 1. The van der Waals surface area contributed by atoms with Crippen LogP contribution in [0.1, 0.15) is 4.88 Å². The second-order valence-corrected chi connectivity index (χ2v) is 6.82. The van der Waals surface area contributed by atoms with Gasteiger partial charge in [0.15, 0.2) is 0 Å². The van der Waals surface area contributed by atoms with Crippen LogP contribution in [0.2, 0.25) is 0 Å². The highest BCUT2D eigenvalue weighted by Gasteiger charge is 2.47. The highest BCUT2D eigenvalue weighted by atomic mass is 32.2. The van der Waals surface area contributed by atoms with E-state index in [1.165, 1.54) is 29.5 Å². The zero-order valence-electron chi connectivity index (χ0n) is 10.0. The molecule has 0 aliphatic rings. The van der Waals surface area contributed by atoms with Crippen LogP contribution in [0.4, 0.5) is 18.9 Å². The van der Waals surface area contributed by atoms with E-state index in [9.17, 15) is 21.6 Å². The van der Waals surface area contributed by atoms with Gasteiger partial charge in [0.1, 0.15) is 0 Å². The molecule has 0 unspecified atom stereocenters. The molecule has 2 rings (SSSR count). The monoisotopic (exact) mass is 321 g/mol. The molecule has 1 aromatic carbocycles. The number of halogens is 3. The minimum atomic E-state index is -5.36. The first kappa shape index (κ1) is 14.9. The molecule has 8 heteroatoms. The van der Waals surface area contributed by atoms with Crippen molar-refractivity contribution in [3.05, 3.63) is 46.7 Å². The van der Waals surface area contributed by atoms with E-state index < -0.39 is 20.2 Å². The molecule has 0 atom stereocenters. The molecule has 0 saturated carbocycles. The van der Waals surface area contributed by atoms with Crippen LogP contribution >= 0.6 is 11.3 Å². The van der Waals surface area contributed by atoms with Crippen LogP contribution in [0, 0.1) is 0 Å². The van der Waals surface area contributed by atoms with Crippen molar-refractivity contribution in [3.8, 4) is 0 Å². The molecule has 3 nitrogen and oxygen atoms in total. The number of benzene rings is 1. The molecule has 1 N–H and O–H groups in total. The molecule has 108 valence electrons. The van der Waals surface area contributed by atoms with E-state index in [1.54, 1.807) is 12.1 Å². The number of hydrogen-bond donors (Lipinski definition) is 1. The Balaban J connectivity index is 2.32. The number of nitrogens with one attached hydrogen (secondary N) is 1. The van der Waals surface area contributed by atoms with E-state index in [1.807, 2.05) is 5.38 Å². The molecular formula is C12H10F3NO2S2. The summed E-state index contributed by atoms with van der Waals surface area (Å²) in [5.41, 5.74) is -5.37. The van der Waals surface area contributed by atoms with Crippen molar-refractivity contribution in [1.82, 2.24) is 0 Å². The van der Waals surface area contributed by atoms with Crippen molar-refractivity contribution < 1.29 is 21.6 Å². The Morgan fingerprint density at radius 3 is 2.40 bits per heavy atom. The smallest absolute Gasteiger partial charge is 0.379 e. The Kier molecular flexibility index (Phi) is 4.05. The van der Waals surface area contributed by atoms with E-state index in [-0.39, 0.29) is 12.2 Å². The fourth-order valence-electron chi connectivity index (χ4n) is 1.57. The Morgan fingerprint density at radius 2 is 1.80 bits per heavy atom. The fraction of sp³-hybridized carbons (Fsp3) is 0.167. The van der Waals surface area contributed by atoms with Gasteiger partial charge in [0.05, 0.1) is 10.6 Å². The largest absolute Gasteiger partial charge is 0.501 e. The van der Waals surface area contributed by atoms with Gasteiger partial charge in [-0.05, 0) is 23.6 Å². The second-order valence-electron chi connectivity index (χ2n) is 3.88. The third kappa shape index (κ3) is 2.96. The zero-order chi connectivity index (χ0) is 14.8. The van der Waals surface area contributed by atoms with Crippen LogP contribution in [0.15, 0.2) is 46.7 Å². The highest BCUT2D eigenvalue weighted by Crippen LogP contribution is 2.34. The quantitative estimate of drug-likeness (QED) is 0.935. The molecule has 0 amide bonds. The third-order valence-electron chi connectivity index (χ3n) is 2.51. The summed E-state index contributed by atoms with van der Waals surface area (Å²) in [5, 5.41) is 4.55. The van der Waals surface area contributed by atoms with E-state index in [0.29, 0.717) is 0 Å². The van der Waals surface area contributed by atoms with Crippen molar-refractivity contribution in [2.24, 2.45) is 0 Å². The van der Waals surface area contributed by atoms with E-state index >= 15 is 0 Å².